The third-order valence-electron chi connectivity index (χ3n) is 2.50. The van der Waals surface area contributed by atoms with Crippen molar-refractivity contribution in [2.24, 2.45) is 5.10 Å². The van der Waals surface area contributed by atoms with Crippen molar-refractivity contribution < 1.29 is 19.1 Å². The minimum Gasteiger partial charge on any atom is -0.497 e. The predicted octanol–water partition coefficient (Wildman–Crippen LogP) is 1.54. The highest BCUT2D eigenvalue weighted by Gasteiger charge is 2.10. The van der Waals surface area contributed by atoms with Crippen LogP contribution >= 0.6 is 0 Å². The van der Waals surface area contributed by atoms with Gasteiger partial charge in [0.1, 0.15) is 11.5 Å². The lowest BCUT2D eigenvalue weighted by Crippen LogP contribution is -2.19. The fourth-order valence-corrected chi connectivity index (χ4v) is 1.54. The molecular formula is C14H19N3O4. The number of methoxy groups -OCH3 is 2. The van der Waals surface area contributed by atoms with E-state index in [0.29, 0.717) is 22.9 Å². The van der Waals surface area contributed by atoms with E-state index in [1.807, 2.05) is 0 Å². The van der Waals surface area contributed by atoms with E-state index in [2.05, 4.69) is 15.8 Å². The number of rotatable bonds is 6. The van der Waals surface area contributed by atoms with Gasteiger partial charge in [-0.3, -0.25) is 9.59 Å². The fourth-order valence-electron chi connectivity index (χ4n) is 1.54. The lowest BCUT2D eigenvalue weighted by Gasteiger charge is -2.11. The Labute approximate surface area is 123 Å². The van der Waals surface area contributed by atoms with E-state index < -0.39 is 0 Å². The topological polar surface area (TPSA) is 89.0 Å². The van der Waals surface area contributed by atoms with Crippen molar-refractivity contribution in [1.82, 2.24) is 5.43 Å². The second kappa shape index (κ2) is 7.88. The Morgan fingerprint density at radius 3 is 2.48 bits per heavy atom. The van der Waals surface area contributed by atoms with Gasteiger partial charge in [-0.05, 0) is 19.1 Å². The highest BCUT2D eigenvalue weighted by molar-refractivity contribution is 6.06. The molecule has 1 aromatic rings. The molecule has 2 amide bonds. The van der Waals surface area contributed by atoms with Gasteiger partial charge in [-0.25, -0.2) is 5.43 Å². The maximum absolute atomic E-state index is 11.9. The molecule has 0 radical (unpaired) electrons. The first-order chi connectivity index (χ1) is 9.96. The number of hydrazone groups is 1. The SMILES string of the molecule is COc1ccc(NC(=O)C/C(C)=N\NC(C)=O)c(OC)c1. The number of hydrogen-bond acceptors (Lipinski definition) is 5. The summed E-state index contributed by atoms with van der Waals surface area (Å²) in [5.41, 5.74) is 3.31. The zero-order chi connectivity index (χ0) is 15.8. The van der Waals surface area contributed by atoms with Gasteiger partial charge in [0.25, 0.3) is 0 Å². The normalized spacial score (nSPS) is 10.8. The van der Waals surface area contributed by atoms with Crippen LogP contribution in [-0.4, -0.2) is 31.7 Å². The first-order valence-corrected chi connectivity index (χ1v) is 6.28. The average Bonchev–Trinajstić information content (AvgIpc) is 2.45. The van der Waals surface area contributed by atoms with Crippen LogP contribution in [-0.2, 0) is 9.59 Å². The number of nitrogens with one attached hydrogen (secondary N) is 2. The van der Waals surface area contributed by atoms with Crippen molar-refractivity contribution >= 4 is 23.2 Å². The Morgan fingerprint density at radius 2 is 1.90 bits per heavy atom. The number of nitrogens with zero attached hydrogens (tertiary/aromatic N) is 1. The number of amides is 2. The Bertz CT molecular complexity index is 555. The quantitative estimate of drug-likeness (QED) is 0.615. The van der Waals surface area contributed by atoms with Crippen LogP contribution in [0.3, 0.4) is 0 Å². The molecule has 0 aliphatic heterocycles. The fraction of sp³-hybridized carbons (Fsp3) is 0.357. The Morgan fingerprint density at radius 1 is 1.19 bits per heavy atom. The molecule has 7 heteroatoms. The molecule has 1 aromatic carbocycles. The van der Waals surface area contributed by atoms with Crippen LogP contribution in [0.5, 0.6) is 11.5 Å². The molecule has 0 aliphatic carbocycles. The summed E-state index contributed by atoms with van der Waals surface area (Å²) < 4.78 is 10.3. The molecule has 0 aliphatic rings. The summed E-state index contributed by atoms with van der Waals surface area (Å²) in [6.07, 6.45) is 0.0649. The summed E-state index contributed by atoms with van der Waals surface area (Å²) in [5, 5.41) is 6.50. The minimum atomic E-state index is -0.286. The average molecular weight is 293 g/mol. The molecule has 0 spiro atoms. The number of anilines is 1. The minimum absolute atomic E-state index is 0.0649. The molecule has 21 heavy (non-hydrogen) atoms. The van der Waals surface area contributed by atoms with E-state index >= 15 is 0 Å². The highest BCUT2D eigenvalue weighted by atomic mass is 16.5. The molecule has 0 unspecified atom stereocenters. The van der Waals surface area contributed by atoms with Gasteiger partial charge in [0.05, 0.1) is 26.3 Å². The van der Waals surface area contributed by atoms with Gasteiger partial charge >= 0.3 is 0 Å². The van der Waals surface area contributed by atoms with Crippen LogP contribution in [0.4, 0.5) is 5.69 Å². The van der Waals surface area contributed by atoms with Crippen molar-refractivity contribution in [3.8, 4) is 11.5 Å². The molecule has 114 valence electrons. The summed E-state index contributed by atoms with van der Waals surface area (Å²) >= 11 is 0. The van der Waals surface area contributed by atoms with E-state index in [-0.39, 0.29) is 18.2 Å². The van der Waals surface area contributed by atoms with Crippen LogP contribution < -0.4 is 20.2 Å². The van der Waals surface area contributed by atoms with E-state index in [1.54, 1.807) is 32.2 Å². The van der Waals surface area contributed by atoms with E-state index in [1.165, 1.54) is 14.0 Å². The monoisotopic (exact) mass is 293 g/mol. The van der Waals surface area contributed by atoms with Gasteiger partial charge in [0, 0.05) is 18.7 Å². The Balaban J connectivity index is 2.70. The zero-order valence-corrected chi connectivity index (χ0v) is 12.5. The lowest BCUT2D eigenvalue weighted by atomic mass is 10.2. The maximum Gasteiger partial charge on any atom is 0.236 e. The smallest absolute Gasteiger partial charge is 0.236 e. The summed E-state index contributed by atoms with van der Waals surface area (Å²) in [4.78, 5) is 22.6. The molecule has 2 N–H and O–H groups in total. The van der Waals surface area contributed by atoms with Gasteiger partial charge < -0.3 is 14.8 Å². The van der Waals surface area contributed by atoms with Gasteiger partial charge in [0.2, 0.25) is 11.8 Å². The largest absolute Gasteiger partial charge is 0.497 e. The lowest BCUT2D eigenvalue weighted by molar-refractivity contribution is -0.119. The van der Waals surface area contributed by atoms with Crippen LogP contribution in [0, 0.1) is 0 Å². The Kier molecular flexibility index (Phi) is 6.19. The third kappa shape index (κ3) is 5.52. The summed E-state index contributed by atoms with van der Waals surface area (Å²) in [6, 6.07) is 5.08. The predicted molar refractivity (Wildman–Crippen MR) is 79.7 cm³/mol. The van der Waals surface area contributed by atoms with Crippen LogP contribution in [0.2, 0.25) is 0 Å². The van der Waals surface area contributed by atoms with Gasteiger partial charge in [-0.2, -0.15) is 5.10 Å². The van der Waals surface area contributed by atoms with E-state index in [4.69, 9.17) is 9.47 Å². The Hall–Kier alpha value is -2.57. The van der Waals surface area contributed by atoms with Crippen molar-refractivity contribution in [1.29, 1.82) is 0 Å². The van der Waals surface area contributed by atoms with Crippen LogP contribution in [0.1, 0.15) is 20.3 Å². The number of benzene rings is 1. The molecule has 0 fully saturated rings. The molecule has 0 bridgehead atoms. The van der Waals surface area contributed by atoms with Crippen LogP contribution in [0.15, 0.2) is 23.3 Å². The number of ether oxygens (including phenoxy) is 2. The van der Waals surface area contributed by atoms with Gasteiger partial charge in [-0.1, -0.05) is 0 Å². The third-order valence-corrected chi connectivity index (χ3v) is 2.50. The molecule has 7 nitrogen and oxygen atoms in total. The number of hydrogen-bond donors (Lipinski definition) is 2. The highest BCUT2D eigenvalue weighted by Crippen LogP contribution is 2.29. The number of carbonyl (C=O) groups is 2. The number of carbonyl (C=O) groups excluding carboxylic acids is 2. The molecule has 0 atom stereocenters. The molecule has 0 heterocycles. The maximum atomic E-state index is 11.9. The molecule has 0 saturated carbocycles. The van der Waals surface area contributed by atoms with Crippen molar-refractivity contribution in [3.05, 3.63) is 18.2 Å². The van der Waals surface area contributed by atoms with Crippen molar-refractivity contribution in [2.45, 2.75) is 20.3 Å². The standard InChI is InChI=1S/C14H19N3O4/c1-9(16-17-10(2)18)7-14(19)15-12-6-5-11(20-3)8-13(12)21-4/h5-6,8H,7H2,1-4H3,(H,15,19)(H,17,18)/b16-9-. The summed E-state index contributed by atoms with van der Waals surface area (Å²) in [5.74, 6) is 0.587. The second-order valence-corrected chi connectivity index (χ2v) is 4.31. The first kappa shape index (κ1) is 16.5. The molecule has 0 saturated heterocycles. The zero-order valence-electron chi connectivity index (χ0n) is 12.5. The summed E-state index contributed by atoms with van der Waals surface area (Å²) in [6.45, 7) is 3.00. The molecule has 1 rings (SSSR count). The van der Waals surface area contributed by atoms with Crippen LogP contribution in [0.25, 0.3) is 0 Å². The van der Waals surface area contributed by atoms with Crippen molar-refractivity contribution in [2.75, 3.05) is 19.5 Å². The van der Waals surface area contributed by atoms with E-state index in [0.717, 1.165) is 0 Å². The molecule has 0 aromatic heterocycles. The summed E-state index contributed by atoms with van der Waals surface area (Å²) in [7, 11) is 3.06. The molecular weight excluding hydrogens is 274 g/mol. The van der Waals surface area contributed by atoms with E-state index in [9.17, 15) is 9.59 Å². The van der Waals surface area contributed by atoms with Gasteiger partial charge in [0.15, 0.2) is 0 Å². The van der Waals surface area contributed by atoms with Gasteiger partial charge in [-0.15, -0.1) is 0 Å². The first-order valence-electron chi connectivity index (χ1n) is 6.28. The van der Waals surface area contributed by atoms with Crippen molar-refractivity contribution in [3.63, 3.8) is 0 Å². The second-order valence-electron chi connectivity index (χ2n) is 4.31.